The average Bonchev–Trinajstić information content (AvgIpc) is 2.94. The van der Waals surface area contributed by atoms with Gasteiger partial charge in [0.05, 0.1) is 12.0 Å². The molecule has 2 aromatic carbocycles. The summed E-state index contributed by atoms with van der Waals surface area (Å²) in [4.78, 5) is 24.4. The number of carbonyl (C=O) groups excluding carboxylic acids is 1. The Labute approximate surface area is 146 Å². The molecule has 2 aromatic rings. The predicted molar refractivity (Wildman–Crippen MR) is 94.3 cm³/mol. The molecule has 25 heavy (non-hydrogen) atoms. The zero-order valence-corrected chi connectivity index (χ0v) is 14.1. The number of aliphatic carboxylic acids is 1. The van der Waals surface area contributed by atoms with Gasteiger partial charge in [-0.2, -0.15) is 0 Å². The lowest BCUT2D eigenvalue weighted by Gasteiger charge is -2.23. The van der Waals surface area contributed by atoms with Crippen molar-refractivity contribution in [3.8, 4) is 0 Å². The van der Waals surface area contributed by atoms with E-state index in [0.717, 1.165) is 16.7 Å². The Morgan fingerprint density at radius 1 is 1.12 bits per heavy atom. The minimum Gasteiger partial charge on any atom is -0.481 e. The van der Waals surface area contributed by atoms with Gasteiger partial charge in [0, 0.05) is 19.2 Å². The Morgan fingerprint density at radius 2 is 1.80 bits per heavy atom. The summed E-state index contributed by atoms with van der Waals surface area (Å²) in [6.07, 6.45) is 0.719. The zero-order chi connectivity index (χ0) is 17.9. The van der Waals surface area contributed by atoms with Crippen LogP contribution in [0.1, 0.15) is 23.1 Å². The van der Waals surface area contributed by atoms with Gasteiger partial charge in [-0.05, 0) is 41.7 Å². The van der Waals surface area contributed by atoms with Crippen molar-refractivity contribution < 1.29 is 19.4 Å². The number of rotatable bonds is 6. The van der Waals surface area contributed by atoms with Crippen LogP contribution in [0.4, 0.5) is 5.69 Å². The van der Waals surface area contributed by atoms with Gasteiger partial charge in [0.25, 0.3) is 0 Å². The number of methoxy groups -OCH3 is 1. The largest absolute Gasteiger partial charge is 0.481 e. The third kappa shape index (κ3) is 3.72. The fourth-order valence-electron chi connectivity index (χ4n) is 3.46. The molecule has 0 saturated heterocycles. The summed E-state index contributed by atoms with van der Waals surface area (Å²) in [6, 6.07) is 15.0. The number of carboxylic acids is 1. The highest BCUT2D eigenvalue weighted by Crippen LogP contribution is 2.40. The van der Waals surface area contributed by atoms with Gasteiger partial charge in [-0.15, -0.1) is 0 Å². The molecule has 0 bridgehead atoms. The molecule has 2 N–H and O–H groups in total. The van der Waals surface area contributed by atoms with E-state index < -0.39 is 11.4 Å². The highest BCUT2D eigenvalue weighted by Gasteiger charge is 2.45. The first kappa shape index (κ1) is 17.2. The van der Waals surface area contributed by atoms with Crippen LogP contribution >= 0.6 is 0 Å². The molecule has 5 nitrogen and oxygen atoms in total. The number of carbonyl (C=O) groups is 2. The number of hydrogen-bond donors (Lipinski definition) is 2. The number of carboxylic acid groups (broad SMARTS) is 1. The summed E-state index contributed by atoms with van der Waals surface area (Å²) < 4.78 is 5.09. The highest BCUT2D eigenvalue weighted by atomic mass is 16.5. The molecule has 130 valence electrons. The second-order valence-electron chi connectivity index (χ2n) is 6.57. The average molecular weight is 339 g/mol. The van der Waals surface area contributed by atoms with Gasteiger partial charge in [0.1, 0.15) is 0 Å². The van der Waals surface area contributed by atoms with Crippen molar-refractivity contribution in [2.45, 2.75) is 25.9 Å². The molecule has 0 aliphatic heterocycles. The van der Waals surface area contributed by atoms with Crippen LogP contribution in [-0.4, -0.2) is 24.1 Å². The van der Waals surface area contributed by atoms with Crippen LogP contribution < -0.4 is 5.32 Å². The Kier molecular flexibility index (Phi) is 4.86. The quantitative estimate of drug-likeness (QED) is 0.848. The fraction of sp³-hybridized carbons (Fsp3) is 0.300. The normalized spacial score (nSPS) is 14.8. The number of benzene rings is 2. The smallest absolute Gasteiger partial charge is 0.310 e. The van der Waals surface area contributed by atoms with E-state index in [2.05, 4.69) is 5.32 Å². The molecule has 0 unspecified atom stereocenters. The van der Waals surface area contributed by atoms with Crippen molar-refractivity contribution in [3.63, 3.8) is 0 Å². The molecule has 3 rings (SSSR count). The van der Waals surface area contributed by atoms with E-state index in [-0.39, 0.29) is 12.3 Å². The monoisotopic (exact) mass is 339 g/mol. The van der Waals surface area contributed by atoms with Crippen LogP contribution in [0.5, 0.6) is 0 Å². The van der Waals surface area contributed by atoms with Crippen LogP contribution in [0.3, 0.4) is 0 Å². The van der Waals surface area contributed by atoms with Crippen LogP contribution in [0, 0.1) is 5.41 Å². The van der Waals surface area contributed by atoms with Gasteiger partial charge in [-0.25, -0.2) is 0 Å². The molecule has 1 aliphatic rings. The Hall–Kier alpha value is -2.66. The van der Waals surface area contributed by atoms with E-state index in [1.807, 2.05) is 42.5 Å². The number of hydrogen-bond acceptors (Lipinski definition) is 3. The standard InChI is InChI=1S/C20H21NO4/c1-25-13-14-5-4-8-17(9-14)21-18(22)12-20(19(23)24)10-15-6-2-3-7-16(15)11-20/h2-9H,10-13H2,1H3,(H,21,22)(H,23,24). The van der Waals surface area contributed by atoms with Crippen molar-refractivity contribution in [1.29, 1.82) is 0 Å². The molecule has 0 aromatic heterocycles. The summed E-state index contributed by atoms with van der Waals surface area (Å²) >= 11 is 0. The van der Waals surface area contributed by atoms with Crippen LogP contribution in [-0.2, 0) is 33.8 Å². The molecule has 0 fully saturated rings. The third-order valence-electron chi connectivity index (χ3n) is 4.65. The van der Waals surface area contributed by atoms with E-state index in [1.165, 1.54) is 0 Å². The maximum atomic E-state index is 12.5. The van der Waals surface area contributed by atoms with Gasteiger partial charge in [-0.3, -0.25) is 9.59 Å². The lowest BCUT2D eigenvalue weighted by atomic mass is 9.81. The van der Waals surface area contributed by atoms with Gasteiger partial charge in [0.15, 0.2) is 0 Å². The first-order valence-electron chi connectivity index (χ1n) is 8.20. The van der Waals surface area contributed by atoms with E-state index in [9.17, 15) is 14.7 Å². The molecule has 0 atom stereocenters. The SMILES string of the molecule is COCc1cccc(NC(=O)CC2(C(=O)O)Cc3ccccc3C2)c1. The number of anilines is 1. The summed E-state index contributed by atoms with van der Waals surface area (Å²) in [5.74, 6) is -1.21. The van der Waals surface area contributed by atoms with E-state index >= 15 is 0 Å². The molecule has 1 aliphatic carbocycles. The highest BCUT2D eigenvalue weighted by molar-refractivity contribution is 5.94. The molecule has 0 spiro atoms. The van der Waals surface area contributed by atoms with Crippen molar-refractivity contribution in [2.24, 2.45) is 5.41 Å². The first-order valence-corrected chi connectivity index (χ1v) is 8.20. The lowest BCUT2D eigenvalue weighted by molar-refractivity contribution is -0.150. The van der Waals surface area contributed by atoms with E-state index in [4.69, 9.17) is 4.74 Å². The van der Waals surface area contributed by atoms with Crippen molar-refractivity contribution in [1.82, 2.24) is 0 Å². The minimum atomic E-state index is -1.07. The van der Waals surface area contributed by atoms with Crippen LogP contribution in [0.2, 0.25) is 0 Å². The zero-order valence-electron chi connectivity index (χ0n) is 14.1. The maximum Gasteiger partial charge on any atom is 0.310 e. The molecule has 0 radical (unpaired) electrons. The number of ether oxygens (including phenoxy) is 1. The Morgan fingerprint density at radius 3 is 2.40 bits per heavy atom. The van der Waals surface area contributed by atoms with E-state index in [1.54, 1.807) is 13.2 Å². The summed E-state index contributed by atoms with van der Waals surface area (Å²) in [5.41, 5.74) is 2.55. The molecule has 1 amide bonds. The molecule has 0 heterocycles. The lowest BCUT2D eigenvalue weighted by Crippen LogP contribution is -2.36. The minimum absolute atomic E-state index is 0.0501. The predicted octanol–water partition coefficient (Wildman–Crippen LogP) is 3.03. The second-order valence-corrected chi connectivity index (χ2v) is 6.57. The molecule has 0 saturated carbocycles. The molecule has 5 heteroatoms. The number of fused-ring (bicyclic) bond motifs is 1. The topological polar surface area (TPSA) is 75.6 Å². The van der Waals surface area contributed by atoms with Gasteiger partial charge in [0.2, 0.25) is 5.91 Å². The maximum absolute atomic E-state index is 12.5. The van der Waals surface area contributed by atoms with Crippen LogP contribution in [0.15, 0.2) is 48.5 Å². The van der Waals surface area contributed by atoms with Gasteiger partial charge < -0.3 is 15.2 Å². The van der Waals surface area contributed by atoms with Crippen molar-refractivity contribution in [3.05, 3.63) is 65.2 Å². The summed E-state index contributed by atoms with van der Waals surface area (Å²) in [5, 5.41) is 12.6. The summed E-state index contributed by atoms with van der Waals surface area (Å²) in [7, 11) is 1.61. The third-order valence-corrected chi connectivity index (χ3v) is 4.65. The molecular formula is C20H21NO4. The van der Waals surface area contributed by atoms with Gasteiger partial charge >= 0.3 is 5.97 Å². The Balaban J connectivity index is 1.73. The van der Waals surface area contributed by atoms with Crippen molar-refractivity contribution >= 4 is 17.6 Å². The second kappa shape index (κ2) is 7.07. The number of amides is 1. The van der Waals surface area contributed by atoms with E-state index in [0.29, 0.717) is 25.1 Å². The Bertz CT molecular complexity index is 775. The molecular weight excluding hydrogens is 318 g/mol. The van der Waals surface area contributed by atoms with Gasteiger partial charge in [-0.1, -0.05) is 36.4 Å². The first-order chi connectivity index (χ1) is 12.0. The fourth-order valence-corrected chi connectivity index (χ4v) is 3.46. The van der Waals surface area contributed by atoms with Crippen LogP contribution in [0.25, 0.3) is 0 Å². The number of nitrogens with one attached hydrogen (secondary N) is 1. The summed E-state index contributed by atoms with van der Waals surface area (Å²) in [6.45, 7) is 0.456. The van der Waals surface area contributed by atoms with Crippen molar-refractivity contribution in [2.75, 3.05) is 12.4 Å².